The van der Waals surface area contributed by atoms with Crippen molar-refractivity contribution < 1.29 is 32.0 Å². The normalized spacial score (nSPS) is 10.2. The van der Waals surface area contributed by atoms with Crippen LogP contribution < -0.4 is 0 Å². The van der Waals surface area contributed by atoms with Gasteiger partial charge in [0.2, 0.25) is 0 Å². The summed E-state index contributed by atoms with van der Waals surface area (Å²) in [6, 6.07) is 5.53. The molecule has 0 aliphatic rings. The highest BCUT2D eigenvalue weighted by molar-refractivity contribution is 7.85. The molecule has 0 spiro atoms. The van der Waals surface area contributed by atoms with Crippen LogP contribution in [0.1, 0.15) is 10.4 Å². The number of rotatable bonds is 3. The minimum Gasteiger partial charge on any atom is -0.460 e. The fourth-order valence-electron chi connectivity index (χ4n) is 0.843. The summed E-state index contributed by atoms with van der Waals surface area (Å²) in [4.78, 5) is 11.1. The van der Waals surface area contributed by atoms with Crippen LogP contribution in [0.4, 0.5) is 4.39 Å². The van der Waals surface area contributed by atoms with E-state index < -0.39 is 21.9 Å². The van der Waals surface area contributed by atoms with E-state index in [-0.39, 0.29) is 18.8 Å². The molecule has 1 rings (SSSR count). The van der Waals surface area contributed by atoms with Gasteiger partial charge in [-0.1, -0.05) is 12.1 Å². The van der Waals surface area contributed by atoms with Gasteiger partial charge in [0.1, 0.15) is 12.4 Å². The van der Waals surface area contributed by atoms with Gasteiger partial charge in [0.15, 0.2) is 0 Å². The molecule has 18 heavy (non-hydrogen) atoms. The number of hydrogen-bond donors (Lipinski definition) is 2. The molecule has 8 heteroatoms. The SMILES string of the molecule is CS(=O)(=O)O.O=C(OCCO)c1ccccc1F. The fourth-order valence-corrected chi connectivity index (χ4v) is 0.843. The first kappa shape index (κ1) is 16.5. The van der Waals surface area contributed by atoms with Gasteiger partial charge < -0.3 is 9.84 Å². The maximum atomic E-state index is 12.9. The number of carbonyl (C=O) groups is 1. The molecule has 0 unspecified atom stereocenters. The van der Waals surface area contributed by atoms with Crippen molar-refractivity contribution in [2.75, 3.05) is 19.5 Å². The zero-order valence-corrected chi connectivity index (χ0v) is 10.4. The quantitative estimate of drug-likeness (QED) is 0.617. The maximum absolute atomic E-state index is 12.9. The summed E-state index contributed by atoms with van der Waals surface area (Å²) < 4.78 is 43.3. The third kappa shape index (κ3) is 8.62. The average molecular weight is 280 g/mol. The second kappa shape index (κ2) is 7.75. The average Bonchev–Trinajstić information content (AvgIpc) is 2.24. The largest absolute Gasteiger partial charge is 0.460 e. The van der Waals surface area contributed by atoms with E-state index >= 15 is 0 Å². The molecule has 0 bridgehead atoms. The third-order valence-electron chi connectivity index (χ3n) is 1.42. The van der Waals surface area contributed by atoms with Crippen LogP contribution in [0.25, 0.3) is 0 Å². The summed E-state index contributed by atoms with van der Waals surface area (Å²) in [7, 11) is -3.67. The molecule has 0 fully saturated rings. The van der Waals surface area contributed by atoms with Gasteiger partial charge in [-0.15, -0.1) is 0 Å². The number of carbonyl (C=O) groups excluding carboxylic acids is 1. The zero-order valence-electron chi connectivity index (χ0n) is 9.54. The summed E-state index contributed by atoms with van der Waals surface area (Å²) in [5.41, 5.74) is -0.115. The molecule has 0 heterocycles. The van der Waals surface area contributed by atoms with E-state index in [0.29, 0.717) is 6.26 Å². The first-order valence-corrected chi connectivity index (χ1v) is 6.55. The van der Waals surface area contributed by atoms with Crippen LogP contribution in [0, 0.1) is 5.82 Å². The van der Waals surface area contributed by atoms with E-state index in [1.807, 2.05) is 0 Å². The minimum absolute atomic E-state index is 0.115. The topological polar surface area (TPSA) is 101 Å². The predicted octanol–water partition coefficient (Wildman–Crippen LogP) is 0.479. The molecule has 0 atom stereocenters. The summed E-state index contributed by atoms with van der Waals surface area (Å²) in [6.07, 6.45) is 0.715. The molecule has 1 aromatic rings. The lowest BCUT2D eigenvalue weighted by Crippen LogP contribution is -2.10. The Hall–Kier alpha value is -1.51. The highest BCUT2D eigenvalue weighted by Crippen LogP contribution is 2.07. The Kier molecular flexibility index (Phi) is 7.10. The highest BCUT2D eigenvalue weighted by atomic mass is 32.2. The molecule has 1 aromatic carbocycles. The molecular weight excluding hydrogens is 267 g/mol. The number of aliphatic hydroxyl groups is 1. The molecule has 102 valence electrons. The summed E-state index contributed by atoms with van der Waals surface area (Å²) >= 11 is 0. The van der Waals surface area contributed by atoms with Crippen LogP contribution in [-0.2, 0) is 14.9 Å². The maximum Gasteiger partial charge on any atom is 0.341 e. The monoisotopic (exact) mass is 280 g/mol. The number of hydrogen-bond acceptors (Lipinski definition) is 5. The van der Waals surface area contributed by atoms with Crippen molar-refractivity contribution in [1.82, 2.24) is 0 Å². The Morgan fingerprint density at radius 2 is 1.89 bits per heavy atom. The van der Waals surface area contributed by atoms with Crippen molar-refractivity contribution >= 4 is 16.1 Å². The van der Waals surface area contributed by atoms with Crippen LogP contribution in [0.15, 0.2) is 24.3 Å². The van der Waals surface area contributed by atoms with Gasteiger partial charge in [-0.05, 0) is 12.1 Å². The lowest BCUT2D eigenvalue weighted by atomic mass is 10.2. The molecule has 0 aliphatic carbocycles. The lowest BCUT2D eigenvalue weighted by Gasteiger charge is -2.02. The predicted molar refractivity (Wildman–Crippen MR) is 61.2 cm³/mol. The van der Waals surface area contributed by atoms with E-state index in [0.717, 1.165) is 0 Å². The van der Waals surface area contributed by atoms with Crippen molar-refractivity contribution in [3.63, 3.8) is 0 Å². The number of ether oxygens (including phenoxy) is 1. The van der Waals surface area contributed by atoms with Crippen molar-refractivity contribution in [2.45, 2.75) is 0 Å². The van der Waals surface area contributed by atoms with Gasteiger partial charge in [-0.25, -0.2) is 9.18 Å². The Morgan fingerprint density at radius 1 is 1.39 bits per heavy atom. The summed E-state index contributed by atoms with van der Waals surface area (Å²) in [5.74, 6) is -1.38. The Labute approximate surface area is 104 Å². The Bertz CT molecular complexity index is 477. The summed E-state index contributed by atoms with van der Waals surface area (Å²) in [6.45, 7) is -0.382. The fraction of sp³-hybridized carbons (Fsp3) is 0.300. The smallest absolute Gasteiger partial charge is 0.341 e. The third-order valence-corrected chi connectivity index (χ3v) is 1.42. The molecule has 0 saturated carbocycles. The van der Waals surface area contributed by atoms with Crippen molar-refractivity contribution in [2.24, 2.45) is 0 Å². The molecule has 2 N–H and O–H groups in total. The first-order valence-electron chi connectivity index (χ1n) is 4.70. The second-order valence-corrected chi connectivity index (χ2v) is 4.54. The standard InChI is InChI=1S/C9H9FO3.CH4O3S/c10-8-4-2-1-3-7(8)9(12)13-6-5-11;1-5(2,3)4/h1-4,11H,5-6H2;1H3,(H,2,3,4). The van der Waals surface area contributed by atoms with Gasteiger partial charge in [-0.3, -0.25) is 4.55 Å². The van der Waals surface area contributed by atoms with E-state index in [1.165, 1.54) is 18.2 Å². The lowest BCUT2D eigenvalue weighted by molar-refractivity contribution is 0.0428. The van der Waals surface area contributed by atoms with E-state index in [9.17, 15) is 17.6 Å². The first-order chi connectivity index (χ1) is 8.25. The minimum atomic E-state index is -3.67. The van der Waals surface area contributed by atoms with Gasteiger partial charge in [0.05, 0.1) is 18.4 Å². The molecule has 0 amide bonds. The molecule has 0 saturated heterocycles. The molecule has 0 radical (unpaired) electrons. The number of halogens is 1. The second-order valence-electron chi connectivity index (χ2n) is 3.07. The molecule has 0 aromatic heterocycles. The zero-order chi connectivity index (χ0) is 14.2. The molecule has 0 aliphatic heterocycles. The molecular formula is C10H13FO6S. The van der Waals surface area contributed by atoms with E-state index in [1.54, 1.807) is 6.07 Å². The van der Waals surface area contributed by atoms with Crippen LogP contribution >= 0.6 is 0 Å². The van der Waals surface area contributed by atoms with Gasteiger partial charge >= 0.3 is 5.97 Å². The number of benzene rings is 1. The number of esters is 1. The van der Waals surface area contributed by atoms with E-state index in [4.69, 9.17) is 9.66 Å². The van der Waals surface area contributed by atoms with Gasteiger partial charge in [-0.2, -0.15) is 8.42 Å². The van der Waals surface area contributed by atoms with Crippen LogP contribution in [-0.4, -0.2) is 43.5 Å². The van der Waals surface area contributed by atoms with Crippen molar-refractivity contribution in [3.05, 3.63) is 35.6 Å². The van der Waals surface area contributed by atoms with Gasteiger partial charge in [0.25, 0.3) is 10.1 Å². The van der Waals surface area contributed by atoms with Crippen LogP contribution in [0.3, 0.4) is 0 Å². The van der Waals surface area contributed by atoms with Crippen molar-refractivity contribution in [1.29, 1.82) is 0 Å². The van der Waals surface area contributed by atoms with Gasteiger partial charge in [0, 0.05) is 0 Å². The Morgan fingerprint density at radius 3 is 2.33 bits per heavy atom. The van der Waals surface area contributed by atoms with E-state index in [2.05, 4.69) is 4.74 Å². The number of aliphatic hydroxyl groups excluding tert-OH is 1. The summed E-state index contributed by atoms with van der Waals surface area (Å²) in [5, 5.41) is 8.36. The van der Waals surface area contributed by atoms with Crippen LogP contribution in [0.5, 0.6) is 0 Å². The van der Waals surface area contributed by atoms with Crippen LogP contribution in [0.2, 0.25) is 0 Å². The van der Waals surface area contributed by atoms with Crippen molar-refractivity contribution in [3.8, 4) is 0 Å². The highest BCUT2D eigenvalue weighted by Gasteiger charge is 2.10. The molecule has 6 nitrogen and oxygen atoms in total. The Balaban J connectivity index is 0.000000494.